The van der Waals surface area contributed by atoms with Crippen molar-refractivity contribution in [3.8, 4) is 0 Å². The van der Waals surface area contributed by atoms with E-state index < -0.39 is 11.7 Å². The molecule has 1 aliphatic rings. The van der Waals surface area contributed by atoms with Gasteiger partial charge < -0.3 is 10.0 Å². The van der Waals surface area contributed by atoms with E-state index in [1.807, 2.05) is 6.92 Å². The Morgan fingerprint density at radius 1 is 1.17 bits per heavy atom. The summed E-state index contributed by atoms with van der Waals surface area (Å²) in [5.41, 5.74) is 0.0556. The Hall–Kier alpha value is -1.60. The summed E-state index contributed by atoms with van der Waals surface area (Å²) in [5.74, 6) is -0.110. The normalized spacial score (nSPS) is 17.8. The number of nitrogens with zero attached hydrogens (tertiary/aromatic N) is 2. The molecule has 1 N–H and O–H groups in total. The first-order valence-electron chi connectivity index (χ1n) is 8.09. The fourth-order valence-corrected chi connectivity index (χ4v) is 2.87. The van der Waals surface area contributed by atoms with Crippen LogP contribution in [0.15, 0.2) is 24.3 Å². The minimum Gasteiger partial charge on any atom is -0.395 e. The molecule has 1 saturated heterocycles. The first kappa shape index (κ1) is 18.7. The second-order valence-electron chi connectivity index (χ2n) is 6.17. The summed E-state index contributed by atoms with van der Waals surface area (Å²) in [6.07, 6.45) is -4.06. The summed E-state index contributed by atoms with van der Waals surface area (Å²) in [6.45, 7) is 5.30. The molecule has 24 heavy (non-hydrogen) atoms. The molecule has 134 valence electrons. The lowest BCUT2D eigenvalue weighted by atomic mass is 9.96. The molecule has 4 nitrogen and oxygen atoms in total. The number of β-amino-alcohol motifs (C(OH)–C–C–N with tert-alkyl or cyclic N) is 1. The summed E-state index contributed by atoms with van der Waals surface area (Å²) >= 11 is 0. The molecule has 0 radical (unpaired) electrons. The number of halogens is 3. The predicted octanol–water partition coefficient (Wildman–Crippen LogP) is 2.34. The van der Waals surface area contributed by atoms with Gasteiger partial charge >= 0.3 is 6.18 Å². The van der Waals surface area contributed by atoms with Crippen molar-refractivity contribution in [1.82, 2.24) is 9.80 Å². The highest BCUT2D eigenvalue weighted by atomic mass is 19.4. The average Bonchev–Trinajstić information content (AvgIpc) is 2.55. The van der Waals surface area contributed by atoms with Gasteiger partial charge in [-0.3, -0.25) is 9.69 Å². The highest BCUT2D eigenvalue weighted by Crippen LogP contribution is 2.30. The third kappa shape index (κ3) is 4.95. The summed E-state index contributed by atoms with van der Waals surface area (Å²) < 4.78 is 37.7. The number of piperazine rings is 1. The lowest BCUT2D eigenvalue weighted by molar-refractivity contribution is -0.137. The van der Waals surface area contributed by atoms with Crippen LogP contribution in [0, 0.1) is 0 Å². The van der Waals surface area contributed by atoms with Gasteiger partial charge in [0.2, 0.25) is 5.91 Å². The Morgan fingerprint density at radius 3 is 2.25 bits per heavy atom. The van der Waals surface area contributed by atoms with Crippen LogP contribution in [0.3, 0.4) is 0 Å². The molecular formula is C17H23F3N2O2. The van der Waals surface area contributed by atoms with Crippen molar-refractivity contribution in [2.75, 3.05) is 39.3 Å². The van der Waals surface area contributed by atoms with Gasteiger partial charge in [-0.15, -0.1) is 0 Å². The number of alkyl halides is 3. The minimum atomic E-state index is -4.34. The predicted molar refractivity (Wildman–Crippen MR) is 84.6 cm³/mol. The molecule has 1 aliphatic heterocycles. The number of amides is 1. The molecule has 1 unspecified atom stereocenters. The van der Waals surface area contributed by atoms with E-state index >= 15 is 0 Å². The monoisotopic (exact) mass is 344 g/mol. The Kier molecular flexibility index (Phi) is 6.23. The van der Waals surface area contributed by atoms with Gasteiger partial charge in [-0.1, -0.05) is 19.1 Å². The molecule has 7 heteroatoms. The van der Waals surface area contributed by atoms with Crippen LogP contribution < -0.4 is 0 Å². The molecule has 0 aliphatic carbocycles. The van der Waals surface area contributed by atoms with E-state index in [9.17, 15) is 18.0 Å². The standard InChI is InChI=1S/C17H23F3N2O2/c1-13(14-2-4-15(5-3-14)17(18,19)20)12-16(24)22-8-6-21(7-9-22)10-11-23/h2-5,13,23H,6-12H2,1H3. The van der Waals surface area contributed by atoms with Crippen molar-refractivity contribution in [2.45, 2.75) is 25.4 Å². The summed E-state index contributed by atoms with van der Waals surface area (Å²) in [7, 11) is 0. The average molecular weight is 344 g/mol. The molecule has 1 aromatic carbocycles. The Bertz CT molecular complexity index is 538. The zero-order valence-electron chi connectivity index (χ0n) is 13.7. The van der Waals surface area contributed by atoms with Gasteiger partial charge in [-0.05, 0) is 23.6 Å². The van der Waals surface area contributed by atoms with E-state index in [4.69, 9.17) is 5.11 Å². The molecule has 1 atom stereocenters. The third-order valence-corrected chi connectivity index (χ3v) is 4.43. The van der Waals surface area contributed by atoms with Gasteiger partial charge in [0, 0.05) is 39.1 Å². The van der Waals surface area contributed by atoms with Crippen molar-refractivity contribution in [3.05, 3.63) is 35.4 Å². The number of hydrogen-bond donors (Lipinski definition) is 1. The number of benzene rings is 1. The number of aliphatic hydroxyl groups is 1. The van der Waals surface area contributed by atoms with Crippen LogP contribution in [0.5, 0.6) is 0 Å². The molecule has 0 saturated carbocycles. The van der Waals surface area contributed by atoms with E-state index in [1.165, 1.54) is 12.1 Å². The maximum Gasteiger partial charge on any atom is 0.416 e. The molecule has 1 aromatic rings. The summed E-state index contributed by atoms with van der Waals surface area (Å²) in [4.78, 5) is 16.2. The lowest BCUT2D eigenvalue weighted by Gasteiger charge is -2.34. The quantitative estimate of drug-likeness (QED) is 0.892. The van der Waals surface area contributed by atoms with Crippen LogP contribution in [0.2, 0.25) is 0 Å². The summed E-state index contributed by atoms with van der Waals surface area (Å²) in [5, 5.41) is 8.92. The van der Waals surface area contributed by atoms with Gasteiger partial charge in [0.1, 0.15) is 0 Å². The molecule has 2 rings (SSSR count). The van der Waals surface area contributed by atoms with Crippen molar-refractivity contribution < 1.29 is 23.1 Å². The van der Waals surface area contributed by atoms with Crippen LogP contribution in [-0.2, 0) is 11.0 Å². The van der Waals surface area contributed by atoms with Gasteiger partial charge in [-0.25, -0.2) is 0 Å². The Labute approximate surface area is 139 Å². The zero-order valence-corrected chi connectivity index (χ0v) is 13.7. The summed E-state index contributed by atoms with van der Waals surface area (Å²) in [6, 6.07) is 5.01. The minimum absolute atomic E-state index is 0.0195. The molecule has 1 fully saturated rings. The number of carbonyl (C=O) groups is 1. The third-order valence-electron chi connectivity index (χ3n) is 4.43. The van der Waals surface area contributed by atoms with Crippen LogP contribution in [-0.4, -0.2) is 60.1 Å². The van der Waals surface area contributed by atoms with Gasteiger partial charge in [0.15, 0.2) is 0 Å². The van der Waals surface area contributed by atoms with E-state index in [-0.39, 0.29) is 24.9 Å². The van der Waals surface area contributed by atoms with Crippen LogP contribution in [0.25, 0.3) is 0 Å². The number of rotatable bonds is 5. The number of hydrogen-bond acceptors (Lipinski definition) is 3. The van der Waals surface area contributed by atoms with Gasteiger partial charge in [0.05, 0.1) is 12.2 Å². The molecule has 0 bridgehead atoms. The van der Waals surface area contributed by atoms with Crippen molar-refractivity contribution in [2.24, 2.45) is 0 Å². The van der Waals surface area contributed by atoms with E-state index in [1.54, 1.807) is 4.90 Å². The highest BCUT2D eigenvalue weighted by Gasteiger charge is 2.30. The molecule has 0 spiro atoms. The first-order chi connectivity index (χ1) is 11.3. The van der Waals surface area contributed by atoms with Crippen LogP contribution in [0.1, 0.15) is 30.4 Å². The van der Waals surface area contributed by atoms with Gasteiger partial charge in [-0.2, -0.15) is 13.2 Å². The molecule has 1 heterocycles. The Morgan fingerprint density at radius 2 is 1.75 bits per heavy atom. The largest absolute Gasteiger partial charge is 0.416 e. The molecule has 0 aromatic heterocycles. The fourth-order valence-electron chi connectivity index (χ4n) is 2.87. The highest BCUT2D eigenvalue weighted by molar-refractivity contribution is 5.77. The topological polar surface area (TPSA) is 43.8 Å². The van der Waals surface area contributed by atoms with E-state index in [0.29, 0.717) is 19.6 Å². The van der Waals surface area contributed by atoms with Crippen LogP contribution >= 0.6 is 0 Å². The van der Waals surface area contributed by atoms with E-state index in [2.05, 4.69) is 4.90 Å². The maximum atomic E-state index is 12.6. The first-order valence-corrected chi connectivity index (χ1v) is 8.09. The Balaban J connectivity index is 1.88. The van der Waals surface area contributed by atoms with Gasteiger partial charge in [0.25, 0.3) is 0 Å². The fraction of sp³-hybridized carbons (Fsp3) is 0.588. The molecule has 1 amide bonds. The smallest absolute Gasteiger partial charge is 0.395 e. The van der Waals surface area contributed by atoms with Crippen molar-refractivity contribution in [1.29, 1.82) is 0 Å². The SMILES string of the molecule is CC(CC(=O)N1CCN(CCO)CC1)c1ccc(C(F)(F)F)cc1. The second kappa shape index (κ2) is 7.98. The number of aliphatic hydroxyl groups excluding tert-OH is 1. The van der Waals surface area contributed by atoms with Crippen LogP contribution in [0.4, 0.5) is 13.2 Å². The van der Waals surface area contributed by atoms with Crippen molar-refractivity contribution in [3.63, 3.8) is 0 Å². The second-order valence-corrected chi connectivity index (χ2v) is 6.17. The lowest BCUT2D eigenvalue weighted by Crippen LogP contribution is -2.49. The number of carbonyl (C=O) groups excluding carboxylic acids is 1. The van der Waals surface area contributed by atoms with Crippen molar-refractivity contribution >= 4 is 5.91 Å². The zero-order chi connectivity index (χ0) is 17.7. The van der Waals surface area contributed by atoms with E-state index in [0.717, 1.165) is 30.8 Å². The molecular weight excluding hydrogens is 321 g/mol. The maximum absolute atomic E-state index is 12.6.